The zero-order chi connectivity index (χ0) is 25.8. The largest absolute Gasteiger partial charge is 0.497 e. The molecule has 2 aliphatic rings. The van der Waals surface area contributed by atoms with Gasteiger partial charge >= 0.3 is 12.0 Å². The van der Waals surface area contributed by atoms with Crippen LogP contribution < -0.4 is 14.8 Å². The summed E-state index contributed by atoms with van der Waals surface area (Å²) in [5.41, 5.74) is 2.79. The van der Waals surface area contributed by atoms with E-state index in [1.54, 1.807) is 14.0 Å². The van der Waals surface area contributed by atoms with Gasteiger partial charge in [-0.25, -0.2) is 4.79 Å². The normalized spacial score (nSPS) is 19.1. The highest BCUT2D eigenvalue weighted by molar-refractivity contribution is 5.88. The number of carbonyl (C=O) groups is 2. The summed E-state index contributed by atoms with van der Waals surface area (Å²) in [4.78, 5) is 33.2. The van der Waals surface area contributed by atoms with Gasteiger partial charge in [-0.2, -0.15) is 0 Å². The van der Waals surface area contributed by atoms with Gasteiger partial charge in [0.2, 0.25) is 0 Å². The number of hydrogen-bond donors (Lipinski definition) is 2. The van der Waals surface area contributed by atoms with Crippen LogP contribution in [-0.4, -0.2) is 79.8 Å². The highest BCUT2D eigenvalue weighted by Crippen LogP contribution is 2.45. The quantitative estimate of drug-likeness (QED) is 0.455. The van der Waals surface area contributed by atoms with E-state index in [4.69, 9.17) is 14.2 Å². The summed E-state index contributed by atoms with van der Waals surface area (Å²) >= 11 is 0. The predicted octanol–water partition coefficient (Wildman–Crippen LogP) is 3.29. The lowest BCUT2D eigenvalue weighted by atomic mass is 9.84. The van der Waals surface area contributed by atoms with Gasteiger partial charge in [-0.05, 0) is 55.7 Å². The first-order valence-electron chi connectivity index (χ1n) is 12.8. The fourth-order valence-electron chi connectivity index (χ4n) is 5.63. The first-order valence-corrected chi connectivity index (χ1v) is 12.8. The number of nitrogens with one attached hydrogen (secondary N) is 2. The summed E-state index contributed by atoms with van der Waals surface area (Å²) < 4.78 is 16.4. The number of fused-ring (bicyclic) bond motifs is 4. The number of ether oxygens (including phenoxy) is 3. The highest BCUT2D eigenvalue weighted by Gasteiger charge is 2.51. The maximum Gasteiger partial charge on any atom is 0.325 e. The minimum absolute atomic E-state index is 0.148. The smallest absolute Gasteiger partial charge is 0.325 e. The molecule has 2 N–H and O–H groups in total. The Labute approximate surface area is 216 Å². The number of likely N-dealkylation sites (tertiary alicyclic amines) is 1. The average molecular weight is 507 g/mol. The van der Waals surface area contributed by atoms with Crippen molar-refractivity contribution in [2.75, 3.05) is 53.0 Å². The molecule has 1 unspecified atom stereocenters. The van der Waals surface area contributed by atoms with Crippen molar-refractivity contribution in [1.29, 1.82) is 0 Å². The molecule has 1 fully saturated rings. The molecule has 1 aromatic heterocycles. The number of carbonyl (C=O) groups excluding carboxylic acids is 2. The molecule has 0 saturated carbocycles. The Kier molecular flexibility index (Phi) is 7.23. The van der Waals surface area contributed by atoms with E-state index >= 15 is 0 Å². The Hall–Kier alpha value is -3.72. The van der Waals surface area contributed by atoms with Crippen LogP contribution in [-0.2, 0) is 21.5 Å². The summed E-state index contributed by atoms with van der Waals surface area (Å²) in [6, 6.07) is 15.6. The third-order valence-electron chi connectivity index (χ3n) is 7.36. The molecule has 196 valence electrons. The van der Waals surface area contributed by atoms with Crippen LogP contribution in [0.3, 0.4) is 0 Å². The van der Waals surface area contributed by atoms with Crippen molar-refractivity contribution in [1.82, 2.24) is 20.1 Å². The maximum atomic E-state index is 13.4. The van der Waals surface area contributed by atoms with E-state index < -0.39 is 11.5 Å². The van der Waals surface area contributed by atoms with Gasteiger partial charge < -0.3 is 29.4 Å². The third-order valence-corrected chi connectivity index (χ3v) is 7.36. The van der Waals surface area contributed by atoms with Crippen LogP contribution in [0.2, 0.25) is 0 Å². The molecule has 2 amide bonds. The Balaban J connectivity index is 1.40. The van der Waals surface area contributed by atoms with E-state index in [9.17, 15) is 9.59 Å². The summed E-state index contributed by atoms with van der Waals surface area (Å²) in [7, 11) is 1.67. The summed E-state index contributed by atoms with van der Waals surface area (Å²) in [5.74, 6) is 1.22. The van der Waals surface area contributed by atoms with Crippen molar-refractivity contribution in [2.24, 2.45) is 0 Å². The van der Waals surface area contributed by atoms with Gasteiger partial charge in [0, 0.05) is 42.8 Å². The lowest BCUT2D eigenvalue weighted by Crippen LogP contribution is -2.58. The molecule has 5 rings (SSSR count). The number of rotatable bonds is 8. The molecule has 1 saturated heterocycles. The van der Waals surface area contributed by atoms with Crippen molar-refractivity contribution in [3.05, 3.63) is 59.8 Å². The molecular formula is C28H34N4O5. The van der Waals surface area contributed by atoms with E-state index in [1.165, 1.54) is 5.56 Å². The molecule has 9 nitrogen and oxygen atoms in total. The van der Waals surface area contributed by atoms with Gasteiger partial charge in [0.25, 0.3) is 0 Å². The SMILES string of the molecule is CCOC(=O)CNC(=O)N1CCc2c([nH]c3ccc(OC)cc23)C12CCN(CCOc1ccccc1)C2. The minimum atomic E-state index is -0.536. The van der Waals surface area contributed by atoms with Crippen molar-refractivity contribution in [3.63, 3.8) is 0 Å². The number of para-hydroxylation sites is 1. The van der Waals surface area contributed by atoms with Crippen molar-refractivity contribution < 1.29 is 23.8 Å². The number of benzene rings is 2. The van der Waals surface area contributed by atoms with Gasteiger partial charge in [-0.1, -0.05) is 18.2 Å². The third kappa shape index (κ3) is 4.96. The Morgan fingerprint density at radius 3 is 2.73 bits per heavy atom. The summed E-state index contributed by atoms with van der Waals surface area (Å²) in [5, 5.41) is 3.92. The molecule has 3 aromatic rings. The number of methoxy groups -OCH3 is 1. The van der Waals surface area contributed by atoms with Crippen LogP contribution in [0.4, 0.5) is 4.79 Å². The van der Waals surface area contributed by atoms with Crippen molar-refractivity contribution in [3.8, 4) is 11.5 Å². The molecule has 0 bridgehead atoms. The van der Waals surface area contributed by atoms with E-state index in [0.717, 1.165) is 47.6 Å². The van der Waals surface area contributed by atoms with Crippen LogP contribution in [0, 0.1) is 0 Å². The van der Waals surface area contributed by atoms with E-state index in [2.05, 4.69) is 21.3 Å². The van der Waals surface area contributed by atoms with Crippen LogP contribution in [0.25, 0.3) is 10.9 Å². The Morgan fingerprint density at radius 2 is 1.95 bits per heavy atom. The highest BCUT2D eigenvalue weighted by atomic mass is 16.5. The van der Waals surface area contributed by atoms with Gasteiger partial charge in [-0.15, -0.1) is 0 Å². The van der Waals surface area contributed by atoms with Gasteiger partial charge in [0.1, 0.15) is 24.7 Å². The molecule has 1 spiro atoms. The minimum Gasteiger partial charge on any atom is -0.497 e. The molecular weight excluding hydrogens is 472 g/mol. The van der Waals surface area contributed by atoms with Gasteiger partial charge in [0.15, 0.2) is 0 Å². The van der Waals surface area contributed by atoms with E-state index in [1.807, 2.05) is 47.4 Å². The number of H-pyrrole nitrogens is 1. The van der Waals surface area contributed by atoms with Crippen LogP contribution in [0.1, 0.15) is 24.6 Å². The molecule has 1 atom stereocenters. The number of nitrogens with zero attached hydrogens (tertiary/aromatic N) is 2. The van der Waals surface area contributed by atoms with E-state index in [-0.39, 0.29) is 19.2 Å². The van der Waals surface area contributed by atoms with Crippen LogP contribution in [0.15, 0.2) is 48.5 Å². The number of urea groups is 1. The molecule has 37 heavy (non-hydrogen) atoms. The van der Waals surface area contributed by atoms with Gasteiger partial charge in [-0.3, -0.25) is 9.69 Å². The number of aromatic amines is 1. The number of aromatic nitrogens is 1. The number of hydrogen-bond acceptors (Lipinski definition) is 6. The van der Waals surface area contributed by atoms with Crippen molar-refractivity contribution in [2.45, 2.75) is 25.3 Å². The zero-order valence-corrected chi connectivity index (χ0v) is 21.4. The topological polar surface area (TPSA) is 96.1 Å². The second-order valence-electron chi connectivity index (χ2n) is 9.47. The molecule has 9 heteroatoms. The predicted molar refractivity (Wildman–Crippen MR) is 140 cm³/mol. The lowest BCUT2D eigenvalue weighted by molar-refractivity contribution is -0.141. The first kappa shape index (κ1) is 25.0. The molecule has 3 heterocycles. The second kappa shape index (κ2) is 10.7. The Morgan fingerprint density at radius 1 is 1.11 bits per heavy atom. The van der Waals surface area contributed by atoms with Crippen molar-refractivity contribution >= 4 is 22.9 Å². The fourth-order valence-corrected chi connectivity index (χ4v) is 5.63. The lowest BCUT2D eigenvalue weighted by Gasteiger charge is -2.44. The fraction of sp³-hybridized carbons (Fsp3) is 0.429. The molecule has 2 aromatic carbocycles. The van der Waals surface area contributed by atoms with Crippen LogP contribution in [0.5, 0.6) is 11.5 Å². The monoisotopic (exact) mass is 506 g/mol. The van der Waals surface area contributed by atoms with Crippen LogP contribution >= 0.6 is 0 Å². The van der Waals surface area contributed by atoms with E-state index in [0.29, 0.717) is 26.1 Å². The molecule has 2 aliphatic heterocycles. The van der Waals surface area contributed by atoms with Gasteiger partial charge in [0.05, 0.1) is 19.3 Å². The molecule has 0 aliphatic carbocycles. The standard InChI is InChI=1S/C28H34N4O5/c1-3-36-25(33)18-29-27(34)32-13-11-22-23-17-21(35-2)9-10-24(23)30-26(22)28(32)12-14-31(19-28)15-16-37-20-7-5-4-6-8-20/h4-10,17,30H,3,11-16,18-19H2,1-2H3,(H,29,34). The molecule has 0 radical (unpaired) electrons. The number of amides is 2. The Bertz CT molecular complexity index is 1260. The maximum absolute atomic E-state index is 13.4. The average Bonchev–Trinajstić information content (AvgIpc) is 3.51. The zero-order valence-electron chi connectivity index (χ0n) is 21.4. The first-order chi connectivity index (χ1) is 18.0. The second-order valence-corrected chi connectivity index (χ2v) is 9.47. The summed E-state index contributed by atoms with van der Waals surface area (Å²) in [6.07, 6.45) is 1.50. The summed E-state index contributed by atoms with van der Waals surface area (Å²) in [6.45, 7) is 5.26. The number of esters is 1.